The molecule has 0 spiro atoms. The second kappa shape index (κ2) is 7.70. The molecule has 7 heteroatoms. The van der Waals surface area contributed by atoms with E-state index in [9.17, 15) is 4.79 Å². The normalized spacial score (nSPS) is 15.1. The lowest BCUT2D eigenvalue weighted by molar-refractivity contribution is -0.120. The molecule has 132 valence electrons. The van der Waals surface area contributed by atoms with Gasteiger partial charge in [0, 0.05) is 24.7 Å². The van der Waals surface area contributed by atoms with Gasteiger partial charge in [-0.25, -0.2) is 0 Å². The van der Waals surface area contributed by atoms with Gasteiger partial charge in [-0.15, -0.1) is 5.10 Å². The molecule has 2 aromatic rings. The van der Waals surface area contributed by atoms with Crippen molar-refractivity contribution in [2.24, 2.45) is 5.92 Å². The Kier molecular flexibility index (Phi) is 5.38. The van der Waals surface area contributed by atoms with Crippen molar-refractivity contribution in [1.29, 1.82) is 0 Å². The minimum Gasteiger partial charge on any atom is -0.495 e. The lowest BCUT2D eigenvalue weighted by atomic mass is 9.96. The van der Waals surface area contributed by atoms with E-state index in [0.29, 0.717) is 16.5 Å². The molecule has 0 radical (unpaired) electrons. The van der Waals surface area contributed by atoms with Crippen molar-refractivity contribution in [3.63, 3.8) is 0 Å². The number of piperidine rings is 1. The number of amides is 1. The van der Waals surface area contributed by atoms with Crippen LogP contribution in [0.25, 0.3) is 0 Å². The smallest absolute Gasteiger partial charge is 0.227 e. The molecule has 25 heavy (non-hydrogen) atoms. The summed E-state index contributed by atoms with van der Waals surface area (Å²) in [5, 5.41) is 11.7. The Bertz CT molecular complexity index is 743. The highest BCUT2D eigenvalue weighted by molar-refractivity contribution is 6.32. The summed E-state index contributed by atoms with van der Waals surface area (Å²) in [6, 6.07) is 9.17. The van der Waals surface area contributed by atoms with Crippen LogP contribution in [-0.4, -0.2) is 36.3 Å². The fraction of sp³-hybridized carbons (Fsp3) is 0.389. The number of hydrogen-bond donors (Lipinski definition) is 1. The number of methoxy groups -OCH3 is 1. The van der Waals surface area contributed by atoms with Crippen LogP contribution < -0.4 is 15.0 Å². The summed E-state index contributed by atoms with van der Waals surface area (Å²) in [5.41, 5.74) is 1.58. The summed E-state index contributed by atoms with van der Waals surface area (Å²) in [4.78, 5) is 14.7. The van der Waals surface area contributed by atoms with Crippen LogP contribution in [0.15, 0.2) is 30.3 Å². The van der Waals surface area contributed by atoms with Gasteiger partial charge in [-0.1, -0.05) is 11.6 Å². The number of carbonyl (C=O) groups excluding carboxylic acids is 1. The first kappa shape index (κ1) is 17.5. The van der Waals surface area contributed by atoms with E-state index in [0.717, 1.165) is 37.4 Å². The predicted octanol–water partition coefficient (Wildman–Crippen LogP) is 3.30. The molecule has 0 unspecified atom stereocenters. The zero-order valence-corrected chi connectivity index (χ0v) is 15.1. The molecule has 1 aromatic carbocycles. The van der Waals surface area contributed by atoms with Crippen molar-refractivity contribution < 1.29 is 9.53 Å². The Morgan fingerprint density at radius 1 is 1.24 bits per heavy atom. The Hall–Kier alpha value is -2.34. The highest BCUT2D eigenvalue weighted by Crippen LogP contribution is 2.28. The second-order valence-electron chi connectivity index (χ2n) is 6.13. The van der Waals surface area contributed by atoms with E-state index in [1.165, 1.54) is 0 Å². The average molecular weight is 361 g/mol. The number of benzene rings is 1. The standard InChI is InChI=1S/C18H21ClN4O2/c1-12-3-6-17(22-21-12)23-9-7-13(8-10-23)18(24)20-14-4-5-16(25-2)15(19)11-14/h3-6,11,13H,7-10H2,1-2H3,(H,20,24). The Morgan fingerprint density at radius 2 is 2.00 bits per heavy atom. The van der Waals surface area contributed by atoms with Crippen LogP contribution in [0.4, 0.5) is 11.5 Å². The first-order valence-electron chi connectivity index (χ1n) is 8.26. The summed E-state index contributed by atoms with van der Waals surface area (Å²) in [7, 11) is 1.56. The van der Waals surface area contributed by atoms with Crippen LogP contribution >= 0.6 is 11.6 Å². The third-order valence-corrected chi connectivity index (χ3v) is 4.69. The molecule has 1 aliphatic heterocycles. The van der Waals surface area contributed by atoms with Crippen LogP contribution in [0.2, 0.25) is 5.02 Å². The van der Waals surface area contributed by atoms with Crippen molar-refractivity contribution >= 4 is 29.0 Å². The molecular formula is C18H21ClN4O2. The maximum Gasteiger partial charge on any atom is 0.227 e. The van der Waals surface area contributed by atoms with Gasteiger partial charge >= 0.3 is 0 Å². The number of anilines is 2. The number of rotatable bonds is 4. The molecule has 6 nitrogen and oxygen atoms in total. The van der Waals surface area contributed by atoms with Crippen molar-refractivity contribution in [1.82, 2.24) is 10.2 Å². The van der Waals surface area contributed by atoms with Crippen molar-refractivity contribution in [3.8, 4) is 5.75 Å². The number of nitrogens with one attached hydrogen (secondary N) is 1. The van der Waals surface area contributed by atoms with Gasteiger partial charge in [0.1, 0.15) is 5.75 Å². The topological polar surface area (TPSA) is 67.3 Å². The maximum absolute atomic E-state index is 12.5. The van der Waals surface area contributed by atoms with Gasteiger partial charge in [-0.2, -0.15) is 5.10 Å². The number of carbonyl (C=O) groups is 1. The molecule has 1 aromatic heterocycles. The molecule has 0 aliphatic carbocycles. The van der Waals surface area contributed by atoms with Gasteiger partial charge in [0.05, 0.1) is 17.8 Å². The number of aromatic nitrogens is 2. The van der Waals surface area contributed by atoms with Crippen LogP contribution in [0.5, 0.6) is 5.75 Å². The number of aryl methyl sites for hydroxylation is 1. The lowest BCUT2D eigenvalue weighted by Crippen LogP contribution is -2.38. The Morgan fingerprint density at radius 3 is 2.60 bits per heavy atom. The van der Waals surface area contributed by atoms with E-state index < -0.39 is 0 Å². The van der Waals surface area contributed by atoms with Crippen LogP contribution in [-0.2, 0) is 4.79 Å². The van der Waals surface area contributed by atoms with E-state index in [-0.39, 0.29) is 11.8 Å². The quantitative estimate of drug-likeness (QED) is 0.906. The highest BCUT2D eigenvalue weighted by atomic mass is 35.5. The second-order valence-corrected chi connectivity index (χ2v) is 6.54. The van der Waals surface area contributed by atoms with Gasteiger partial charge in [0.25, 0.3) is 0 Å². The summed E-state index contributed by atoms with van der Waals surface area (Å²) in [5.74, 6) is 1.46. The third-order valence-electron chi connectivity index (χ3n) is 4.39. The van der Waals surface area contributed by atoms with Crippen molar-refractivity contribution in [3.05, 3.63) is 41.0 Å². The van der Waals surface area contributed by atoms with Gasteiger partial charge < -0.3 is 15.0 Å². The minimum atomic E-state index is -0.0180. The third kappa shape index (κ3) is 4.20. The molecule has 1 N–H and O–H groups in total. The van der Waals surface area contributed by atoms with Gasteiger partial charge in [0.15, 0.2) is 5.82 Å². The number of hydrogen-bond acceptors (Lipinski definition) is 5. The minimum absolute atomic E-state index is 0.0180. The first-order valence-corrected chi connectivity index (χ1v) is 8.64. The molecule has 0 atom stereocenters. The van der Waals surface area contributed by atoms with Gasteiger partial charge in [0.2, 0.25) is 5.91 Å². The molecule has 0 saturated carbocycles. The zero-order chi connectivity index (χ0) is 17.8. The van der Waals surface area contributed by atoms with E-state index >= 15 is 0 Å². The summed E-state index contributed by atoms with van der Waals surface area (Å²) in [6.45, 7) is 3.50. The largest absolute Gasteiger partial charge is 0.495 e. The molecule has 3 rings (SSSR count). The zero-order valence-electron chi connectivity index (χ0n) is 14.3. The fourth-order valence-corrected chi connectivity index (χ4v) is 3.18. The van der Waals surface area contributed by atoms with Gasteiger partial charge in [-0.3, -0.25) is 4.79 Å². The van der Waals surface area contributed by atoms with E-state index in [2.05, 4.69) is 20.4 Å². The van der Waals surface area contributed by atoms with E-state index in [4.69, 9.17) is 16.3 Å². The lowest BCUT2D eigenvalue weighted by Gasteiger charge is -2.31. The predicted molar refractivity (Wildman–Crippen MR) is 98.3 cm³/mol. The summed E-state index contributed by atoms with van der Waals surface area (Å²) in [6.07, 6.45) is 1.57. The van der Waals surface area contributed by atoms with Crippen LogP contribution in [0.1, 0.15) is 18.5 Å². The number of nitrogens with zero attached hydrogens (tertiary/aromatic N) is 3. The van der Waals surface area contributed by atoms with E-state index in [1.54, 1.807) is 25.3 Å². The van der Waals surface area contributed by atoms with Crippen molar-refractivity contribution in [2.75, 3.05) is 30.4 Å². The number of ether oxygens (including phenoxy) is 1. The molecule has 1 aliphatic rings. The summed E-state index contributed by atoms with van der Waals surface area (Å²) >= 11 is 6.10. The SMILES string of the molecule is COc1ccc(NC(=O)C2CCN(c3ccc(C)nn3)CC2)cc1Cl. The van der Waals surface area contributed by atoms with E-state index in [1.807, 2.05) is 19.1 Å². The van der Waals surface area contributed by atoms with Crippen LogP contribution in [0.3, 0.4) is 0 Å². The van der Waals surface area contributed by atoms with Crippen LogP contribution in [0, 0.1) is 12.8 Å². The molecule has 1 amide bonds. The first-order chi connectivity index (χ1) is 12.1. The molecular weight excluding hydrogens is 340 g/mol. The molecule has 2 heterocycles. The molecule has 0 bridgehead atoms. The summed E-state index contributed by atoms with van der Waals surface area (Å²) < 4.78 is 5.12. The highest BCUT2D eigenvalue weighted by Gasteiger charge is 2.26. The molecule has 1 fully saturated rings. The van der Waals surface area contributed by atoms with Gasteiger partial charge in [-0.05, 0) is 50.1 Å². The Labute approximate surface area is 152 Å². The fourth-order valence-electron chi connectivity index (χ4n) is 2.92. The monoisotopic (exact) mass is 360 g/mol. The molecule has 1 saturated heterocycles. The average Bonchev–Trinajstić information content (AvgIpc) is 2.63. The maximum atomic E-state index is 12.5. The van der Waals surface area contributed by atoms with Crippen molar-refractivity contribution in [2.45, 2.75) is 19.8 Å². The number of halogens is 1. The Balaban J connectivity index is 1.56.